The average Bonchev–Trinajstić information content (AvgIpc) is 3.01. The smallest absolute Gasteiger partial charge is 0.206 e. The van der Waals surface area contributed by atoms with Crippen LogP contribution in [0.1, 0.15) is 15.2 Å². The maximum absolute atomic E-state index is 12.6. The summed E-state index contributed by atoms with van der Waals surface area (Å²) < 4.78 is 10.5. The molecule has 0 bridgehead atoms. The molecule has 0 spiro atoms. The first-order valence-corrected chi connectivity index (χ1v) is 8.28. The van der Waals surface area contributed by atoms with E-state index in [2.05, 4.69) is 10.3 Å². The van der Waals surface area contributed by atoms with Crippen LogP contribution in [0.4, 0.5) is 16.6 Å². The number of benzene rings is 2. The van der Waals surface area contributed by atoms with Crippen LogP contribution in [0.5, 0.6) is 11.5 Å². The van der Waals surface area contributed by atoms with E-state index in [0.717, 1.165) is 5.69 Å². The van der Waals surface area contributed by atoms with Crippen molar-refractivity contribution in [1.82, 2.24) is 4.98 Å². The van der Waals surface area contributed by atoms with Gasteiger partial charge < -0.3 is 20.5 Å². The molecule has 2 aromatic carbocycles. The SMILES string of the molecule is COc1cc(Nc2nc(N)c(C(=O)c3ccccc3)s2)cc(OC)c1. The first-order valence-electron chi connectivity index (χ1n) is 7.47. The van der Waals surface area contributed by atoms with Crippen molar-refractivity contribution < 1.29 is 14.3 Å². The van der Waals surface area contributed by atoms with Gasteiger partial charge in [-0.15, -0.1) is 0 Å². The van der Waals surface area contributed by atoms with Gasteiger partial charge in [-0.25, -0.2) is 4.98 Å². The van der Waals surface area contributed by atoms with Crippen molar-refractivity contribution in [1.29, 1.82) is 0 Å². The van der Waals surface area contributed by atoms with Crippen molar-refractivity contribution in [2.75, 3.05) is 25.3 Å². The topological polar surface area (TPSA) is 86.5 Å². The predicted molar refractivity (Wildman–Crippen MR) is 99.2 cm³/mol. The van der Waals surface area contributed by atoms with Crippen molar-refractivity contribution in [3.05, 3.63) is 59.0 Å². The van der Waals surface area contributed by atoms with E-state index in [1.807, 2.05) is 18.2 Å². The minimum atomic E-state index is -0.146. The van der Waals surface area contributed by atoms with Crippen LogP contribution in [0.3, 0.4) is 0 Å². The summed E-state index contributed by atoms with van der Waals surface area (Å²) in [6.45, 7) is 0. The van der Waals surface area contributed by atoms with E-state index in [-0.39, 0.29) is 11.6 Å². The van der Waals surface area contributed by atoms with Gasteiger partial charge >= 0.3 is 0 Å². The molecule has 3 aromatic rings. The van der Waals surface area contributed by atoms with E-state index >= 15 is 0 Å². The quantitative estimate of drug-likeness (QED) is 0.656. The summed E-state index contributed by atoms with van der Waals surface area (Å²) in [5.74, 6) is 1.35. The van der Waals surface area contributed by atoms with Gasteiger partial charge in [0.15, 0.2) is 5.13 Å². The fourth-order valence-electron chi connectivity index (χ4n) is 2.27. The molecule has 0 atom stereocenters. The van der Waals surface area contributed by atoms with Crippen LogP contribution in [-0.4, -0.2) is 25.0 Å². The summed E-state index contributed by atoms with van der Waals surface area (Å²) in [6.07, 6.45) is 0. The maximum Gasteiger partial charge on any atom is 0.206 e. The lowest BCUT2D eigenvalue weighted by Crippen LogP contribution is -2.02. The van der Waals surface area contributed by atoms with E-state index in [1.54, 1.807) is 44.6 Å². The first kappa shape index (κ1) is 16.8. The van der Waals surface area contributed by atoms with Gasteiger partial charge in [0.1, 0.15) is 22.2 Å². The zero-order valence-corrected chi connectivity index (χ0v) is 14.6. The lowest BCUT2D eigenvalue weighted by atomic mass is 10.1. The standard InChI is InChI=1S/C18H17N3O3S/c1-23-13-8-12(9-14(10-13)24-2)20-18-21-17(19)16(25-18)15(22)11-6-4-3-5-7-11/h3-10H,19H2,1-2H3,(H,20,21). The lowest BCUT2D eigenvalue weighted by Gasteiger charge is -2.08. The number of anilines is 3. The van der Waals surface area contributed by atoms with Gasteiger partial charge in [-0.1, -0.05) is 41.7 Å². The maximum atomic E-state index is 12.6. The van der Waals surface area contributed by atoms with Gasteiger partial charge in [-0.3, -0.25) is 4.79 Å². The van der Waals surface area contributed by atoms with Gasteiger partial charge in [0.2, 0.25) is 5.78 Å². The number of nitrogen functional groups attached to an aromatic ring is 1. The van der Waals surface area contributed by atoms with Gasteiger partial charge in [0, 0.05) is 29.4 Å². The Kier molecular flexibility index (Phi) is 4.85. The second-order valence-corrected chi connectivity index (χ2v) is 6.15. The number of carbonyl (C=O) groups excluding carboxylic acids is 1. The Balaban J connectivity index is 1.87. The highest BCUT2D eigenvalue weighted by Crippen LogP contribution is 2.32. The molecule has 0 unspecified atom stereocenters. The van der Waals surface area contributed by atoms with E-state index in [4.69, 9.17) is 15.2 Å². The molecule has 0 amide bonds. The number of nitrogens with two attached hydrogens (primary N) is 1. The number of hydrogen-bond acceptors (Lipinski definition) is 7. The van der Waals surface area contributed by atoms with E-state index < -0.39 is 0 Å². The predicted octanol–water partition coefficient (Wildman–Crippen LogP) is 3.72. The molecule has 1 aromatic heterocycles. The third-order valence-corrected chi connectivity index (χ3v) is 4.48. The Hall–Kier alpha value is -3.06. The van der Waals surface area contributed by atoms with Crippen molar-refractivity contribution in [3.63, 3.8) is 0 Å². The molecule has 7 heteroatoms. The number of ether oxygens (including phenoxy) is 2. The normalized spacial score (nSPS) is 10.3. The fraction of sp³-hybridized carbons (Fsp3) is 0.111. The Morgan fingerprint density at radius 3 is 2.32 bits per heavy atom. The second kappa shape index (κ2) is 7.23. The van der Waals surface area contributed by atoms with Gasteiger partial charge in [0.05, 0.1) is 14.2 Å². The van der Waals surface area contributed by atoms with E-state index in [9.17, 15) is 4.79 Å². The number of rotatable bonds is 6. The third-order valence-electron chi connectivity index (χ3n) is 3.50. The van der Waals surface area contributed by atoms with Crippen molar-refractivity contribution >= 4 is 33.8 Å². The molecular weight excluding hydrogens is 338 g/mol. The number of ketones is 1. The highest BCUT2D eigenvalue weighted by Gasteiger charge is 2.18. The molecule has 128 valence electrons. The minimum absolute atomic E-state index is 0.146. The number of aromatic nitrogens is 1. The minimum Gasteiger partial charge on any atom is -0.497 e. The molecule has 1 heterocycles. The zero-order chi connectivity index (χ0) is 17.8. The molecule has 0 radical (unpaired) electrons. The van der Waals surface area contributed by atoms with Crippen LogP contribution in [0.15, 0.2) is 48.5 Å². The van der Waals surface area contributed by atoms with Gasteiger partial charge in [0.25, 0.3) is 0 Å². The van der Waals surface area contributed by atoms with E-state index in [1.165, 1.54) is 11.3 Å². The van der Waals surface area contributed by atoms with E-state index in [0.29, 0.717) is 27.1 Å². The van der Waals surface area contributed by atoms with Crippen LogP contribution >= 0.6 is 11.3 Å². The molecule has 25 heavy (non-hydrogen) atoms. The van der Waals surface area contributed by atoms with Crippen molar-refractivity contribution in [2.24, 2.45) is 0 Å². The van der Waals surface area contributed by atoms with Crippen LogP contribution in [0.25, 0.3) is 0 Å². The Morgan fingerprint density at radius 2 is 1.72 bits per heavy atom. The van der Waals surface area contributed by atoms with Crippen molar-refractivity contribution in [2.45, 2.75) is 0 Å². The number of nitrogens with one attached hydrogen (secondary N) is 1. The summed E-state index contributed by atoms with van der Waals surface area (Å²) in [7, 11) is 3.16. The molecule has 0 saturated heterocycles. The summed E-state index contributed by atoms with van der Waals surface area (Å²) in [5.41, 5.74) is 7.24. The molecule has 0 saturated carbocycles. The zero-order valence-electron chi connectivity index (χ0n) is 13.8. The largest absolute Gasteiger partial charge is 0.497 e. The molecule has 0 aliphatic carbocycles. The summed E-state index contributed by atoms with van der Waals surface area (Å²) in [4.78, 5) is 17.2. The number of nitrogens with zero attached hydrogens (tertiary/aromatic N) is 1. The molecule has 3 N–H and O–H groups in total. The molecular formula is C18H17N3O3S. The average molecular weight is 355 g/mol. The summed E-state index contributed by atoms with van der Waals surface area (Å²) >= 11 is 1.21. The van der Waals surface area contributed by atoms with Crippen LogP contribution < -0.4 is 20.5 Å². The van der Waals surface area contributed by atoms with Gasteiger partial charge in [-0.2, -0.15) is 0 Å². The molecule has 3 rings (SSSR count). The Labute approximate surface area is 149 Å². The van der Waals surface area contributed by atoms with Crippen LogP contribution in [-0.2, 0) is 0 Å². The summed E-state index contributed by atoms with van der Waals surface area (Å²) in [6, 6.07) is 14.4. The molecule has 0 fully saturated rings. The summed E-state index contributed by atoms with van der Waals surface area (Å²) in [5, 5.41) is 3.66. The highest BCUT2D eigenvalue weighted by molar-refractivity contribution is 7.18. The molecule has 0 aliphatic rings. The monoisotopic (exact) mass is 355 g/mol. The fourth-order valence-corrected chi connectivity index (χ4v) is 3.14. The number of methoxy groups -OCH3 is 2. The van der Waals surface area contributed by atoms with Crippen LogP contribution in [0, 0.1) is 0 Å². The van der Waals surface area contributed by atoms with Crippen LogP contribution in [0.2, 0.25) is 0 Å². The Morgan fingerprint density at radius 1 is 1.08 bits per heavy atom. The van der Waals surface area contributed by atoms with Crippen molar-refractivity contribution in [3.8, 4) is 11.5 Å². The molecule has 6 nitrogen and oxygen atoms in total. The second-order valence-electron chi connectivity index (χ2n) is 5.15. The van der Waals surface area contributed by atoms with Gasteiger partial charge in [-0.05, 0) is 0 Å². The number of hydrogen-bond donors (Lipinski definition) is 2. The number of carbonyl (C=O) groups is 1. The number of thiazole rings is 1. The first-order chi connectivity index (χ1) is 12.1. The highest BCUT2D eigenvalue weighted by atomic mass is 32.1. The molecule has 0 aliphatic heterocycles. The Bertz CT molecular complexity index is 872. The lowest BCUT2D eigenvalue weighted by molar-refractivity contribution is 0.104. The third kappa shape index (κ3) is 3.72.